The molecule has 10 heteroatoms. The standard InChI is InChI=1S/C21H28N8O2/c1-4-5-6-12-19(30)23-18-11-7-10-17(22-18)14-21(13-8-9-15(2)24-21)20(26-31)29-16(3)25-27-28-29/h7-11,13,24,31H,4-6,12,14H2,1-3H3,(H,22,23,30). The summed E-state index contributed by atoms with van der Waals surface area (Å²) in [5.41, 5.74) is 0.643. The van der Waals surface area contributed by atoms with Crippen LogP contribution in [0.4, 0.5) is 5.82 Å². The van der Waals surface area contributed by atoms with Gasteiger partial charge in [0.1, 0.15) is 11.4 Å². The number of carbonyl (C=O) groups is 1. The van der Waals surface area contributed by atoms with E-state index in [2.05, 4.69) is 43.2 Å². The lowest BCUT2D eigenvalue weighted by molar-refractivity contribution is -0.116. The van der Waals surface area contributed by atoms with Crippen molar-refractivity contribution in [2.45, 2.75) is 58.4 Å². The Morgan fingerprint density at radius 1 is 1.32 bits per heavy atom. The fourth-order valence-electron chi connectivity index (χ4n) is 3.53. The van der Waals surface area contributed by atoms with Gasteiger partial charge >= 0.3 is 0 Å². The molecule has 0 spiro atoms. The zero-order valence-electron chi connectivity index (χ0n) is 18.0. The van der Waals surface area contributed by atoms with E-state index in [4.69, 9.17) is 0 Å². The van der Waals surface area contributed by atoms with Gasteiger partial charge in [0.25, 0.3) is 0 Å². The number of hydrogen-bond donors (Lipinski definition) is 3. The van der Waals surface area contributed by atoms with Crippen LogP contribution < -0.4 is 10.6 Å². The summed E-state index contributed by atoms with van der Waals surface area (Å²) in [4.78, 5) is 16.8. The topological polar surface area (TPSA) is 130 Å². The number of aromatic nitrogens is 5. The lowest BCUT2D eigenvalue weighted by atomic mass is 9.88. The van der Waals surface area contributed by atoms with Crippen LogP contribution in [-0.2, 0) is 11.2 Å². The molecule has 3 rings (SSSR count). The van der Waals surface area contributed by atoms with Crippen molar-refractivity contribution in [1.82, 2.24) is 30.5 Å². The fourth-order valence-corrected chi connectivity index (χ4v) is 3.53. The number of amides is 1. The molecule has 0 aliphatic carbocycles. The van der Waals surface area contributed by atoms with Crippen molar-refractivity contribution in [1.29, 1.82) is 0 Å². The highest BCUT2D eigenvalue weighted by Crippen LogP contribution is 2.23. The summed E-state index contributed by atoms with van der Waals surface area (Å²) in [6, 6.07) is 5.46. The smallest absolute Gasteiger partial charge is 0.225 e. The molecule has 0 radical (unpaired) electrons. The predicted molar refractivity (Wildman–Crippen MR) is 117 cm³/mol. The number of nitrogens with one attached hydrogen (secondary N) is 2. The number of pyridine rings is 1. The predicted octanol–water partition coefficient (Wildman–Crippen LogP) is 2.58. The summed E-state index contributed by atoms with van der Waals surface area (Å²) in [5, 5.41) is 31.2. The molecule has 1 atom stereocenters. The van der Waals surface area contributed by atoms with Gasteiger partial charge in [-0.3, -0.25) is 4.79 Å². The van der Waals surface area contributed by atoms with Crippen LogP contribution in [0, 0.1) is 6.92 Å². The Kier molecular flexibility index (Phi) is 7.11. The van der Waals surface area contributed by atoms with Crippen LogP contribution in [0.1, 0.15) is 51.0 Å². The summed E-state index contributed by atoms with van der Waals surface area (Å²) >= 11 is 0. The van der Waals surface area contributed by atoms with Gasteiger partial charge in [-0.15, -0.1) is 5.10 Å². The number of unbranched alkanes of at least 4 members (excludes halogenated alkanes) is 2. The highest BCUT2D eigenvalue weighted by atomic mass is 16.4. The second-order valence-electron chi connectivity index (χ2n) is 7.56. The quantitative estimate of drug-likeness (QED) is 0.195. The van der Waals surface area contributed by atoms with Crippen molar-refractivity contribution in [3.8, 4) is 0 Å². The molecule has 10 nitrogen and oxygen atoms in total. The van der Waals surface area contributed by atoms with Gasteiger partial charge < -0.3 is 15.8 Å². The molecule has 0 saturated heterocycles. The molecule has 3 N–H and O–H groups in total. The first-order valence-electron chi connectivity index (χ1n) is 10.4. The van der Waals surface area contributed by atoms with Gasteiger partial charge in [0.05, 0.1) is 0 Å². The maximum atomic E-state index is 12.2. The molecule has 2 aromatic heterocycles. The van der Waals surface area contributed by atoms with E-state index in [1.54, 1.807) is 13.0 Å². The molecule has 1 unspecified atom stereocenters. The second kappa shape index (κ2) is 9.96. The summed E-state index contributed by atoms with van der Waals surface area (Å²) in [7, 11) is 0. The van der Waals surface area contributed by atoms with Crippen LogP contribution in [0.3, 0.4) is 0 Å². The Hall–Kier alpha value is -3.56. The Labute approximate surface area is 181 Å². The molecular formula is C21H28N8O2. The molecule has 0 bridgehead atoms. The first kappa shape index (κ1) is 22.1. The van der Waals surface area contributed by atoms with E-state index in [0.29, 0.717) is 30.2 Å². The van der Waals surface area contributed by atoms with E-state index in [1.165, 1.54) is 4.68 Å². The summed E-state index contributed by atoms with van der Waals surface area (Å²) < 4.78 is 1.38. The third-order valence-electron chi connectivity index (χ3n) is 5.01. The summed E-state index contributed by atoms with van der Waals surface area (Å²) in [5.74, 6) is 1.14. The lowest BCUT2D eigenvalue weighted by Gasteiger charge is -2.35. The molecule has 1 amide bonds. The molecule has 0 aromatic carbocycles. The number of rotatable bonds is 8. The van der Waals surface area contributed by atoms with Crippen molar-refractivity contribution in [2.75, 3.05) is 5.32 Å². The largest absolute Gasteiger partial charge is 0.409 e. The van der Waals surface area contributed by atoms with Gasteiger partial charge in [-0.25, -0.2) is 4.98 Å². The minimum Gasteiger partial charge on any atom is -0.409 e. The average Bonchev–Trinajstić information content (AvgIpc) is 3.14. The molecule has 1 aliphatic rings. The van der Waals surface area contributed by atoms with Crippen LogP contribution in [0.2, 0.25) is 0 Å². The van der Waals surface area contributed by atoms with Crippen molar-refractivity contribution in [2.24, 2.45) is 5.16 Å². The first-order chi connectivity index (χ1) is 15.0. The van der Waals surface area contributed by atoms with Gasteiger partial charge in [0.2, 0.25) is 11.7 Å². The summed E-state index contributed by atoms with van der Waals surface area (Å²) in [6.07, 6.45) is 9.43. The molecule has 0 fully saturated rings. The van der Waals surface area contributed by atoms with Gasteiger partial charge in [0, 0.05) is 24.2 Å². The van der Waals surface area contributed by atoms with E-state index in [9.17, 15) is 10.0 Å². The fraction of sp³-hybridized carbons (Fsp3) is 0.429. The normalized spacial score (nSPS) is 18.4. The number of oxime groups is 1. The van der Waals surface area contributed by atoms with E-state index in [-0.39, 0.29) is 11.7 Å². The highest BCUT2D eigenvalue weighted by molar-refractivity contribution is 5.95. The number of aryl methyl sites for hydroxylation is 1. The van der Waals surface area contributed by atoms with Crippen LogP contribution >= 0.6 is 0 Å². The first-order valence-corrected chi connectivity index (χ1v) is 10.4. The van der Waals surface area contributed by atoms with Gasteiger partial charge in [-0.05, 0) is 48.9 Å². The summed E-state index contributed by atoms with van der Waals surface area (Å²) in [6.45, 7) is 5.74. The molecule has 2 aromatic rings. The SMILES string of the molecule is CCCCCC(=O)Nc1cccc(CC2(C(=NO)n3nnnc3C)C=CC=C(C)N2)n1. The molecular weight excluding hydrogens is 396 g/mol. The average molecular weight is 425 g/mol. The lowest BCUT2D eigenvalue weighted by Crippen LogP contribution is -2.55. The van der Waals surface area contributed by atoms with Gasteiger partial charge in [-0.1, -0.05) is 43.1 Å². The number of nitrogens with zero attached hydrogens (tertiary/aromatic N) is 6. The minimum absolute atomic E-state index is 0.0517. The number of dihydropyridines is 1. The van der Waals surface area contributed by atoms with Crippen molar-refractivity contribution >= 4 is 17.6 Å². The number of carbonyl (C=O) groups excluding carboxylic acids is 1. The Balaban J connectivity index is 1.86. The zero-order chi connectivity index (χ0) is 22.3. The van der Waals surface area contributed by atoms with Crippen molar-refractivity contribution in [3.63, 3.8) is 0 Å². The maximum Gasteiger partial charge on any atom is 0.225 e. The number of hydrogen-bond acceptors (Lipinski definition) is 8. The number of allylic oxidation sites excluding steroid dienone is 3. The van der Waals surface area contributed by atoms with E-state index >= 15 is 0 Å². The van der Waals surface area contributed by atoms with Crippen molar-refractivity contribution in [3.05, 3.63) is 53.6 Å². The highest BCUT2D eigenvalue weighted by Gasteiger charge is 2.39. The molecule has 0 saturated carbocycles. The van der Waals surface area contributed by atoms with E-state index < -0.39 is 5.54 Å². The molecule has 1 aliphatic heterocycles. The maximum absolute atomic E-state index is 12.2. The van der Waals surface area contributed by atoms with E-state index in [0.717, 1.165) is 25.0 Å². The van der Waals surface area contributed by atoms with Crippen LogP contribution in [-0.4, -0.2) is 47.7 Å². The third kappa shape index (κ3) is 5.33. The Morgan fingerprint density at radius 2 is 2.16 bits per heavy atom. The van der Waals surface area contributed by atoms with Gasteiger partial charge in [-0.2, -0.15) is 4.68 Å². The molecule has 3 heterocycles. The molecule has 164 valence electrons. The zero-order valence-corrected chi connectivity index (χ0v) is 18.0. The van der Waals surface area contributed by atoms with Crippen LogP contribution in [0.25, 0.3) is 0 Å². The van der Waals surface area contributed by atoms with Crippen LogP contribution in [0.15, 0.2) is 47.3 Å². The number of tetrazole rings is 1. The third-order valence-corrected chi connectivity index (χ3v) is 5.01. The Morgan fingerprint density at radius 3 is 2.84 bits per heavy atom. The van der Waals surface area contributed by atoms with E-state index in [1.807, 2.05) is 37.3 Å². The van der Waals surface area contributed by atoms with Crippen LogP contribution in [0.5, 0.6) is 0 Å². The van der Waals surface area contributed by atoms with Gasteiger partial charge in [0.15, 0.2) is 5.82 Å². The molecule has 31 heavy (non-hydrogen) atoms. The monoisotopic (exact) mass is 424 g/mol. The number of anilines is 1. The minimum atomic E-state index is -0.940. The Bertz CT molecular complexity index is 1010. The van der Waals surface area contributed by atoms with Crippen molar-refractivity contribution < 1.29 is 10.0 Å². The second-order valence-corrected chi connectivity index (χ2v) is 7.56.